The molecule has 26 heavy (non-hydrogen) atoms. The number of aromatic nitrogens is 3. The van der Waals surface area contributed by atoms with Crippen molar-refractivity contribution in [2.24, 2.45) is 0 Å². The normalized spacial score (nSPS) is 16.5. The van der Waals surface area contributed by atoms with Crippen LogP contribution in [0, 0.1) is 6.92 Å². The molecular weight excluding hydrogens is 378 g/mol. The molecule has 0 N–H and O–H groups in total. The zero-order valence-corrected chi connectivity index (χ0v) is 16.2. The van der Waals surface area contributed by atoms with Crippen molar-refractivity contribution in [2.75, 3.05) is 32.4 Å². The summed E-state index contributed by atoms with van der Waals surface area (Å²) in [5.41, 5.74) is 1.44. The molecule has 8 nitrogen and oxygen atoms in total. The standard InChI is InChI=1S/C16H20ClN5O3S/c1-12-15(19-22(18-12)14-6-3-5-13(17)11-14)16(23)20-7-4-8-21(10-9-20)26(2,24)25/h3,5-6,11H,4,7-10H2,1-2H3. The Hall–Kier alpha value is -1.97. The first-order valence-electron chi connectivity index (χ1n) is 8.20. The summed E-state index contributed by atoms with van der Waals surface area (Å²) in [5, 5.41) is 9.18. The summed E-state index contributed by atoms with van der Waals surface area (Å²) in [5.74, 6) is -0.244. The third-order valence-electron chi connectivity index (χ3n) is 4.23. The van der Waals surface area contributed by atoms with Crippen molar-refractivity contribution >= 4 is 27.5 Å². The van der Waals surface area contributed by atoms with Crippen LogP contribution in [0.2, 0.25) is 5.02 Å². The van der Waals surface area contributed by atoms with Gasteiger partial charge in [-0.15, -0.1) is 5.10 Å². The smallest absolute Gasteiger partial charge is 0.276 e. The number of nitrogens with zero attached hydrogens (tertiary/aromatic N) is 5. The number of carbonyl (C=O) groups excluding carboxylic acids is 1. The maximum Gasteiger partial charge on any atom is 0.276 e. The summed E-state index contributed by atoms with van der Waals surface area (Å²) in [7, 11) is -3.26. The number of amides is 1. The Bertz CT molecular complexity index is 928. The van der Waals surface area contributed by atoms with Gasteiger partial charge in [-0.25, -0.2) is 12.7 Å². The van der Waals surface area contributed by atoms with E-state index in [9.17, 15) is 13.2 Å². The number of hydrogen-bond donors (Lipinski definition) is 0. The van der Waals surface area contributed by atoms with E-state index in [2.05, 4.69) is 10.2 Å². The highest BCUT2D eigenvalue weighted by atomic mass is 35.5. The number of hydrogen-bond acceptors (Lipinski definition) is 5. The summed E-state index contributed by atoms with van der Waals surface area (Å²) in [4.78, 5) is 15.9. The Morgan fingerprint density at radius 1 is 1.15 bits per heavy atom. The van der Waals surface area contributed by atoms with Gasteiger partial charge in [0.2, 0.25) is 10.0 Å². The average molecular weight is 398 g/mol. The lowest BCUT2D eigenvalue weighted by molar-refractivity contribution is 0.0757. The van der Waals surface area contributed by atoms with Crippen molar-refractivity contribution in [3.05, 3.63) is 40.7 Å². The van der Waals surface area contributed by atoms with Gasteiger partial charge in [0.15, 0.2) is 5.69 Å². The van der Waals surface area contributed by atoms with Crippen LogP contribution in [0.3, 0.4) is 0 Å². The maximum atomic E-state index is 12.9. The number of sulfonamides is 1. The monoisotopic (exact) mass is 397 g/mol. The zero-order chi connectivity index (χ0) is 18.9. The molecule has 1 fully saturated rings. The van der Waals surface area contributed by atoms with Crippen LogP contribution in [0.4, 0.5) is 0 Å². The van der Waals surface area contributed by atoms with E-state index >= 15 is 0 Å². The molecule has 0 aliphatic carbocycles. The van der Waals surface area contributed by atoms with Crippen molar-refractivity contribution in [2.45, 2.75) is 13.3 Å². The molecule has 0 saturated carbocycles. The molecule has 0 radical (unpaired) electrons. The van der Waals surface area contributed by atoms with Gasteiger partial charge in [0.25, 0.3) is 5.91 Å². The Kier molecular flexibility index (Phi) is 5.31. The van der Waals surface area contributed by atoms with Crippen LogP contribution in [0.15, 0.2) is 24.3 Å². The van der Waals surface area contributed by atoms with E-state index in [-0.39, 0.29) is 18.1 Å². The van der Waals surface area contributed by atoms with E-state index < -0.39 is 10.0 Å². The molecule has 1 aliphatic heterocycles. The minimum Gasteiger partial charge on any atom is -0.336 e. The van der Waals surface area contributed by atoms with Gasteiger partial charge < -0.3 is 4.90 Å². The fourth-order valence-electron chi connectivity index (χ4n) is 2.87. The molecule has 0 unspecified atom stereocenters. The lowest BCUT2D eigenvalue weighted by Crippen LogP contribution is -2.37. The van der Waals surface area contributed by atoms with Gasteiger partial charge in [-0.2, -0.15) is 9.90 Å². The third kappa shape index (κ3) is 4.05. The van der Waals surface area contributed by atoms with Gasteiger partial charge >= 0.3 is 0 Å². The lowest BCUT2D eigenvalue weighted by atomic mass is 10.3. The fourth-order valence-corrected chi connectivity index (χ4v) is 3.93. The summed E-state index contributed by atoms with van der Waals surface area (Å²) < 4.78 is 24.8. The summed E-state index contributed by atoms with van der Waals surface area (Å²) in [6.07, 6.45) is 1.77. The van der Waals surface area contributed by atoms with Crippen LogP contribution in [0.25, 0.3) is 5.69 Å². The van der Waals surface area contributed by atoms with Crippen LogP contribution < -0.4 is 0 Å². The van der Waals surface area contributed by atoms with E-state index in [1.54, 1.807) is 36.1 Å². The quantitative estimate of drug-likeness (QED) is 0.779. The van der Waals surface area contributed by atoms with E-state index in [0.717, 1.165) is 0 Å². The maximum absolute atomic E-state index is 12.9. The van der Waals surface area contributed by atoms with E-state index in [1.165, 1.54) is 15.4 Å². The molecule has 1 aromatic carbocycles. The summed E-state index contributed by atoms with van der Waals surface area (Å²) >= 11 is 6.00. The molecule has 140 valence electrons. The summed E-state index contributed by atoms with van der Waals surface area (Å²) in [6.45, 7) is 3.23. The number of benzene rings is 1. The van der Waals surface area contributed by atoms with E-state index in [1.807, 2.05) is 0 Å². The van der Waals surface area contributed by atoms with Gasteiger partial charge in [0, 0.05) is 31.2 Å². The Morgan fingerprint density at radius 3 is 2.62 bits per heavy atom. The second-order valence-electron chi connectivity index (χ2n) is 6.21. The highest BCUT2D eigenvalue weighted by molar-refractivity contribution is 7.88. The van der Waals surface area contributed by atoms with Crippen molar-refractivity contribution in [3.63, 3.8) is 0 Å². The first-order valence-corrected chi connectivity index (χ1v) is 10.4. The van der Waals surface area contributed by atoms with Crippen molar-refractivity contribution in [1.82, 2.24) is 24.2 Å². The Labute approximate surface area is 157 Å². The van der Waals surface area contributed by atoms with Crippen LogP contribution in [0.5, 0.6) is 0 Å². The van der Waals surface area contributed by atoms with Gasteiger partial charge in [0.1, 0.15) is 0 Å². The molecule has 10 heteroatoms. The average Bonchev–Trinajstić information content (AvgIpc) is 2.80. The molecule has 0 atom stereocenters. The molecule has 1 saturated heterocycles. The topological polar surface area (TPSA) is 88.4 Å². The number of rotatable bonds is 3. The van der Waals surface area contributed by atoms with E-state index in [4.69, 9.17) is 11.6 Å². The first kappa shape index (κ1) is 18.8. The van der Waals surface area contributed by atoms with Crippen LogP contribution >= 0.6 is 11.6 Å². The molecule has 0 bridgehead atoms. The molecule has 3 rings (SSSR count). The number of halogens is 1. The number of aryl methyl sites for hydroxylation is 1. The van der Waals surface area contributed by atoms with Gasteiger partial charge in [-0.1, -0.05) is 17.7 Å². The van der Waals surface area contributed by atoms with E-state index in [0.29, 0.717) is 42.5 Å². The van der Waals surface area contributed by atoms with Crippen LogP contribution in [0.1, 0.15) is 22.6 Å². The lowest BCUT2D eigenvalue weighted by Gasteiger charge is -2.20. The second kappa shape index (κ2) is 7.34. The number of carbonyl (C=O) groups is 1. The Balaban J connectivity index is 1.80. The first-order chi connectivity index (χ1) is 12.3. The molecule has 1 aliphatic rings. The predicted molar refractivity (Wildman–Crippen MR) is 98.0 cm³/mol. The van der Waals surface area contributed by atoms with Crippen LogP contribution in [-0.2, 0) is 10.0 Å². The highest BCUT2D eigenvalue weighted by Gasteiger charge is 2.27. The van der Waals surface area contributed by atoms with Gasteiger partial charge in [-0.05, 0) is 31.5 Å². The largest absolute Gasteiger partial charge is 0.336 e. The molecular formula is C16H20ClN5O3S. The SMILES string of the molecule is Cc1nn(-c2cccc(Cl)c2)nc1C(=O)N1CCCN(S(C)(=O)=O)CC1. The third-order valence-corrected chi connectivity index (χ3v) is 5.77. The van der Waals surface area contributed by atoms with Crippen LogP contribution in [-0.4, -0.2) is 71.0 Å². The Morgan fingerprint density at radius 2 is 1.92 bits per heavy atom. The van der Waals surface area contributed by atoms with Crippen molar-refractivity contribution in [3.8, 4) is 5.69 Å². The summed E-state index contributed by atoms with van der Waals surface area (Å²) in [6, 6.07) is 7.05. The molecule has 0 spiro atoms. The van der Waals surface area contributed by atoms with Crippen molar-refractivity contribution < 1.29 is 13.2 Å². The minimum atomic E-state index is -3.26. The predicted octanol–water partition coefficient (Wildman–Crippen LogP) is 1.34. The second-order valence-corrected chi connectivity index (χ2v) is 8.63. The molecule has 1 amide bonds. The fraction of sp³-hybridized carbons (Fsp3) is 0.438. The molecule has 1 aromatic heterocycles. The minimum absolute atomic E-state index is 0.244. The molecule has 2 heterocycles. The van der Waals surface area contributed by atoms with Crippen molar-refractivity contribution in [1.29, 1.82) is 0 Å². The van der Waals surface area contributed by atoms with Gasteiger partial charge in [-0.3, -0.25) is 4.79 Å². The highest BCUT2D eigenvalue weighted by Crippen LogP contribution is 2.16. The molecule has 2 aromatic rings. The zero-order valence-electron chi connectivity index (χ0n) is 14.6. The van der Waals surface area contributed by atoms with Gasteiger partial charge in [0.05, 0.1) is 17.6 Å².